The van der Waals surface area contributed by atoms with Crippen LogP contribution in [0.1, 0.15) is 39.0 Å². The summed E-state index contributed by atoms with van der Waals surface area (Å²) < 4.78 is 29.4. The van der Waals surface area contributed by atoms with Crippen LogP contribution < -0.4 is 26.4 Å². The minimum atomic E-state index is -3.98. The van der Waals surface area contributed by atoms with Crippen LogP contribution in [0.4, 0.5) is 5.69 Å². The minimum Gasteiger partial charge on any atom is -0.377 e. The van der Waals surface area contributed by atoms with Crippen molar-refractivity contribution in [3.63, 3.8) is 0 Å². The van der Waals surface area contributed by atoms with Gasteiger partial charge in [-0.2, -0.15) is 4.72 Å². The van der Waals surface area contributed by atoms with Gasteiger partial charge in [-0.25, -0.2) is 8.42 Å². The normalized spacial score (nSPS) is 12.3. The first-order valence-corrected chi connectivity index (χ1v) is 12.7. The number of nitrogens with zero attached hydrogens (tertiary/aromatic N) is 2. The predicted octanol–water partition coefficient (Wildman–Crippen LogP) is 1.91. The lowest BCUT2D eigenvalue weighted by molar-refractivity contribution is -0.122. The van der Waals surface area contributed by atoms with E-state index in [1.54, 1.807) is 18.2 Å². The molecule has 182 valence electrons. The van der Waals surface area contributed by atoms with Crippen LogP contribution in [0.25, 0.3) is 10.8 Å². The number of anilines is 1. The second kappa shape index (κ2) is 12.4. The SMILES string of the molecule is CCCCCNC(=O)C(CCCN=C(N)N)NS(=O)(=O)c1cccc2c(N(C)C)cccc12. The Morgan fingerprint density at radius 3 is 2.42 bits per heavy atom. The molecule has 2 aromatic rings. The molecule has 1 amide bonds. The maximum absolute atomic E-state index is 13.4. The molecule has 0 aliphatic rings. The number of benzene rings is 2. The highest BCUT2D eigenvalue weighted by atomic mass is 32.2. The van der Waals surface area contributed by atoms with Gasteiger partial charge in [0.15, 0.2) is 5.96 Å². The van der Waals surface area contributed by atoms with E-state index < -0.39 is 16.1 Å². The molecule has 1 atom stereocenters. The Kier molecular flexibility index (Phi) is 9.93. The molecule has 0 fully saturated rings. The lowest BCUT2D eigenvalue weighted by Gasteiger charge is -2.20. The number of carbonyl (C=O) groups is 1. The third-order valence-electron chi connectivity index (χ3n) is 5.27. The van der Waals surface area contributed by atoms with E-state index in [0.29, 0.717) is 24.9 Å². The number of aliphatic imine (C=N–C) groups is 1. The van der Waals surface area contributed by atoms with E-state index in [0.717, 1.165) is 30.3 Å². The number of hydrogen-bond acceptors (Lipinski definition) is 5. The number of amides is 1. The molecule has 0 aliphatic heterocycles. The van der Waals surface area contributed by atoms with Crippen LogP contribution >= 0.6 is 0 Å². The molecule has 0 bridgehead atoms. The summed E-state index contributed by atoms with van der Waals surface area (Å²) in [4.78, 5) is 18.8. The number of carbonyl (C=O) groups excluding carboxylic acids is 1. The molecule has 0 aromatic heterocycles. The standard InChI is InChI=1S/C23H36N6O3S/c1-4-5-6-15-26-22(30)19(12-9-16-27-23(24)25)28-33(31,32)21-14-8-10-17-18(21)11-7-13-20(17)29(2)3/h7-8,10-11,13-14,19,28H,4-6,9,12,15-16H2,1-3H3,(H,26,30)(H4,24,25,27). The van der Waals surface area contributed by atoms with Gasteiger partial charge in [-0.3, -0.25) is 9.79 Å². The van der Waals surface area contributed by atoms with Crippen LogP contribution in [-0.2, 0) is 14.8 Å². The van der Waals surface area contributed by atoms with Crippen LogP contribution in [-0.4, -0.2) is 53.5 Å². The predicted molar refractivity (Wildman–Crippen MR) is 135 cm³/mol. The lowest BCUT2D eigenvalue weighted by Crippen LogP contribution is -2.47. The fraction of sp³-hybridized carbons (Fsp3) is 0.478. The van der Waals surface area contributed by atoms with E-state index in [-0.39, 0.29) is 23.2 Å². The molecule has 9 nitrogen and oxygen atoms in total. The molecule has 0 spiro atoms. The second-order valence-corrected chi connectivity index (χ2v) is 9.83. The van der Waals surface area contributed by atoms with Crippen molar-refractivity contribution < 1.29 is 13.2 Å². The minimum absolute atomic E-state index is 0.0383. The van der Waals surface area contributed by atoms with Crippen molar-refractivity contribution in [2.75, 3.05) is 32.1 Å². The number of rotatable bonds is 13. The zero-order valence-corrected chi connectivity index (χ0v) is 20.5. The van der Waals surface area contributed by atoms with Crippen LogP contribution in [0.2, 0.25) is 0 Å². The smallest absolute Gasteiger partial charge is 0.241 e. The van der Waals surface area contributed by atoms with Gasteiger partial charge in [0, 0.05) is 43.6 Å². The van der Waals surface area contributed by atoms with Gasteiger partial charge in [0.05, 0.1) is 4.90 Å². The van der Waals surface area contributed by atoms with E-state index in [4.69, 9.17) is 11.5 Å². The number of nitrogens with one attached hydrogen (secondary N) is 2. The molecule has 0 saturated carbocycles. The number of sulfonamides is 1. The highest BCUT2D eigenvalue weighted by Crippen LogP contribution is 2.30. The molecule has 0 saturated heterocycles. The first-order valence-electron chi connectivity index (χ1n) is 11.2. The van der Waals surface area contributed by atoms with Crippen molar-refractivity contribution in [2.24, 2.45) is 16.5 Å². The molecule has 1 unspecified atom stereocenters. The summed E-state index contributed by atoms with van der Waals surface area (Å²) >= 11 is 0. The third kappa shape index (κ3) is 7.61. The molecule has 10 heteroatoms. The summed E-state index contributed by atoms with van der Waals surface area (Å²) in [7, 11) is -0.164. The van der Waals surface area contributed by atoms with Crippen LogP contribution in [0.5, 0.6) is 0 Å². The Labute approximate surface area is 196 Å². The number of guanidine groups is 1. The van der Waals surface area contributed by atoms with Crippen molar-refractivity contribution in [3.05, 3.63) is 36.4 Å². The van der Waals surface area contributed by atoms with Crippen molar-refractivity contribution in [3.8, 4) is 0 Å². The summed E-state index contributed by atoms with van der Waals surface area (Å²) in [6, 6.07) is 9.75. The van der Waals surface area contributed by atoms with Gasteiger partial charge in [-0.1, -0.05) is 44.0 Å². The van der Waals surface area contributed by atoms with Crippen LogP contribution in [0.15, 0.2) is 46.3 Å². The van der Waals surface area contributed by atoms with Gasteiger partial charge in [0.25, 0.3) is 0 Å². The first kappa shape index (κ1) is 26.4. The summed E-state index contributed by atoms with van der Waals surface area (Å²) in [6.45, 7) is 2.89. The molecule has 2 aromatic carbocycles. The lowest BCUT2D eigenvalue weighted by atomic mass is 10.1. The number of nitrogens with two attached hydrogens (primary N) is 2. The Balaban J connectivity index is 2.30. The highest BCUT2D eigenvalue weighted by Gasteiger charge is 2.27. The summed E-state index contributed by atoms with van der Waals surface area (Å²) in [5, 5.41) is 4.26. The quantitative estimate of drug-likeness (QED) is 0.198. The Hall–Kier alpha value is -2.85. The summed E-state index contributed by atoms with van der Waals surface area (Å²) in [5.74, 6) is -0.391. The molecule has 6 N–H and O–H groups in total. The molecular weight excluding hydrogens is 440 g/mol. The number of hydrogen-bond donors (Lipinski definition) is 4. The van der Waals surface area contributed by atoms with E-state index in [9.17, 15) is 13.2 Å². The molecule has 0 radical (unpaired) electrons. The van der Waals surface area contributed by atoms with Gasteiger partial charge in [-0.15, -0.1) is 0 Å². The average Bonchev–Trinajstić information content (AvgIpc) is 2.77. The third-order valence-corrected chi connectivity index (χ3v) is 6.80. The molecule has 0 aliphatic carbocycles. The maximum Gasteiger partial charge on any atom is 0.241 e. The van der Waals surface area contributed by atoms with Gasteiger partial charge < -0.3 is 21.7 Å². The highest BCUT2D eigenvalue weighted by molar-refractivity contribution is 7.89. The monoisotopic (exact) mass is 476 g/mol. The fourth-order valence-electron chi connectivity index (χ4n) is 3.60. The summed E-state index contributed by atoms with van der Waals surface area (Å²) in [6.07, 6.45) is 3.58. The Morgan fingerprint density at radius 2 is 1.76 bits per heavy atom. The van der Waals surface area contributed by atoms with Gasteiger partial charge in [0.1, 0.15) is 6.04 Å². The maximum atomic E-state index is 13.4. The van der Waals surface area contributed by atoms with Crippen molar-refractivity contribution in [1.29, 1.82) is 0 Å². The van der Waals surface area contributed by atoms with Gasteiger partial charge in [-0.05, 0) is 31.4 Å². The molecule has 0 heterocycles. The zero-order valence-electron chi connectivity index (χ0n) is 19.7. The van der Waals surface area contributed by atoms with E-state index >= 15 is 0 Å². The largest absolute Gasteiger partial charge is 0.377 e. The molecular formula is C23H36N6O3S. The Bertz CT molecular complexity index is 1070. The zero-order chi connectivity index (χ0) is 24.4. The van der Waals surface area contributed by atoms with Crippen molar-refractivity contribution in [1.82, 2.24) is 10.0 Å². The van der Waals surface area contributed by atoms with Gasteiger partial charge >= 0.3 is 0 Å². The van der Waals surface area contributed by atoms with E-state index in [1.165, 1.54) is 0 Å². The molecule has 33 heavy (non-hydrogen) atoms. The first-order chi connectivity index (χ1) is 15.7. The second-order valence-electron chi connectivity index (χ2n) is 8.14. The van der Waals surface area contributed by atoms with Crippen molar-refractivity contribution in [2.45, 2.75) is 50.0 Å². The van der Waals surface area contributed by atoms with Gasteiger partial charge in [0.2, 0.25) is 15.9 Å². The Morgan fingerprint density at radius 1 is 1.06 bits per heavy atom. The fourth-order valence-corrected chi connectivity index (χ4v) is 5.05. The van der Waals surface area contributed by atoms with Crippen LogP contribution in [0, 0.1) is 0 Å². The summed E-state index contributed by atoms with van der Waals surface area (Å²) in [5.41, 5.74) is 11.6. The van der Waals surface area contributed by atoms with E-state index in [2.05, 4.69) is 22.0 Å². The van der Waals surface area contributed by atoms with Crippen molar-refractivity contribution >= 4 is 38.3 Å². The van der Waals surface area contributed by atoms with Crippen LogP contribution in [0.3, 0.4) is 0 Å². The topological polar surface area (TPSA) is 143 Å². The van der Waals surface area contributed by atoms with E-state index in [1.807, 2.05) is 37.2 Å². The average molecular weight is 477 g/mol. The number of unbranched alkanes of at least 4 members (excludes halogenated alkanes) is 2. The number of fused-ring (bicyclic) bond motifs is 1. The molecule has 2 rings (SSSR count).